The zero-order valence-corrected chi connectivity index (χ0v) is 11.9. The maximum absolute atomic E-state index is 5.71. The number of rotatable bonds is 4. The monoisotopic (exact) mass is 261 g/mol. The van der Waals surface area contributed by atoms with Gasteiger partial charge >= 0.3 is 0 Å². The zero-order chi connectivity index (χ0) is 13.3. The summed E-state index contributed by atoms with van der Waals surface area (Å²) in [5.41, 5.74) is 1.70. The quantitative estimate of drug-likeness (QED) is 0.904. The fourth-order valence-corrected chi connectivity index (χ4v) is 3.49. The van der Waals surface area contributed by atoms with Gasteiger partial charge in [-0.1, -0.05) is 19.9 Å². The normalized spacial score (nSPS) is 28.8. The molecule has 0 aromatic heterocycles. The van der Waals surface area contributed by atoms with Gasteiger partial charge in [0.05, 0.1) is 0 Å². The molecule has 1 heterocycles. The maximum Gasteiger partial charge on any atom is 0.161 e. The zero-order valence-electron chi connectivity index (χ0n) is 11.9. The first kappa shape index (κ1) is 12.8. The summed E-state index contributed by atoms with van der Waals surface area (Å²) in [5, 5.41) is 3.52. The fourth-order valence-electron chi connectivity index (χ4n) is 3.49. The van der Waals surface area contributed by atoms with Crippen molar-refractivity contribution in [3.8, 4) is 11.5 Å². The van der Waals surface area contributed by atoms with Crippen molar-refractivity contribution in [1.29, 1.82) is 0 Å². The molecule has 1 aliphatic heterocycles. The molecule has 0 radical (unpaired) electrons. The fraction of sp³-hybridized carbons (Fsp3) is 0.625. The number of nitrogens with one attached hydrogen (secondary N) is 1. The average Bonchev–Trinajstić information content (AvgIpc) is 2.41. The van der Waals surface area contributed by atoms with Crippen molar-refractivity contribution in [3.63, 3.8) is 0 Å². The topological polar surface area (TPSA) is 30.5 Å². The van der Waals surface area contributed by atoms with Crippen LogP contribution in [0.15, 0.2) is 18.2 Å². The van der Waals surface area contributed by atoms with Crippen LogP contribution in [0.25, 0.3) is 0 Å². The predicted octanol–water partition coefficient (Wildman–Crippen LogP) is 2.74. The molecule has 104 valence electrons. The van der Waals surface area contributed by atoms with Crippen LogP contribution in [0.2, 0.25) is 0 Å². The summed E-state index contributed by atoms with van der Waals surface area (Å²) < 4.78 is 11.3. The number of ether oxygens (including phenoxy) is 2. The number of likely N-dealkylation sites (N-methyl/N-ethyl adjacent to an activating group) is 1. The maximum atomic E-state index is 5.71. The van der Waals surface area contributed by atoms with Crippen molar-refractivity contribution in [2.45, 2.75) is 32.1 Å². The summed E-state index contributed by atoms with van der Waals surface area (Å²) in [6, 6.07) is 6.48. The molecule has 2 aliphatic rings. The molecule has 1 aromatic rings. The number of hydrogen-bond acceptors (Lipinski definition) is 3. The van der Waals surface area contributed by atoms with Gasteiger partial charge in [0.25, 0.3) is 0 Å². The van der Waals surface area contributed by atoms with Crippen molar-refractivity contribution in [1.82, 2.24) is 5.32 Å². The van der Waals surface area contributed by atoms with Gasteiger partial charge in [-0.15, -0.1) is 0 Å². The van der Waals surface area contributed by atoms with Gasteiger partial charge in [0.15, 0.2) is 11.5 Å². The third-order valence-electron chi connectivity index (χ3n) is 4.35. The van der Waals surface area contributed by atoms with Crippen molar-refractivity contribution in [3.05, 3.63) is 23.8 Å². The van der Waals surface area contributed by atoms with E-state index in [1.165, 1.54) is 18.4 Å². The Labute approximate surface area is 115 Å². The Hall–Kier alpha value is -1.22. The standard InChI is InChI=1S/C16H23NO2/c1-3-17-11-16(9-12(2)10-16)13-4-5-14-15(8-13)19-7-6-18-14/h4-5,8,12,17H,3,6-7,9-11H2,1-2H3. The molecule has 0 atom stereocenters. The highest BCUT2D eigenvalue weighted by atomic mass is 16.6. The van der Waals surface area contributed by atoms with Crippen LogP contribution in [0, 0.1) is 5.92 Å². The smallest absolute Gasteiger partial charge is 0.161 e. The van der Waals surface area contributed by atoms with Crippen LogP contribution in [0.5, 0.6) is 11.5 Å². The van der Waals surface area contributed by atoms with E-state index in [1.807, 2.05) is 0 Å². The first-order valence-electron chi connectivity index (χ1n) is 7.34. The summed E-state index contributed by atoms with van der Waals surface area (Å²) in [6.07, 6.45) is 2.53. The second kappa shape index (κ2) is 5.04. The summed E-state index contributed by atoms with van der Waals surface area (Å²) in [4.78, 5) is 0. The van der Waals surface area contributed by atoms with Crippen LogP contribution in [0.4, 0.5) is 0 Å². The first-order valence-corrected chi connectivity index (χ1v) is 7.34. The molecule has 1 saturated carbocycles. The first-order chi connectivity index (χ1) is 9.23. The van der Waals surface area contributed by atoms with E-state index in [1.54, 1.807) is 0 Å². The van der Waals surface area contributed by atoms with Crippen LogP contribution in [-0.4, -0.2) is 26.3 Å². The third-order valence-corrected chi connectivity index (χ3v) is 4.35. The molecule has 19 heavy (non-hydrogen) atoms. The number of hydrogen-bond donors (Lipinski definition) is 1. The molecule has 0 unspecified atom stereocenters. The SMILES string of the molecule is CCNCC1(c2ccc3c(c2)OCCO3)CC(C)C1. The summed E-state index contributed by atoms with van der Waals surface area (Å²) in [5.74, 6) is 2.63. The van der Waals surface area contributed by atoms with Gasteiger partial charge in [0, 0.05) is 12.0 Å². The molecule has 0 amide bonds. The lowest BCUT2D eigenvalue weighted by atomic mass is 9.59. The van der Waals surface area contributed by atoms with Gasteiger partial charge in [-0.2, -0.15) is 0 Å². The Kier molecular flexibility index (Phi) is 3.40. The minimum atomic E-state index is 0.297. The molecule has 1 aromatic carbocycles. The average molecular weight is 261 g/mol. The molecule has 0 bridgehead atoms. The lowest BCUT2D eigenvalue weighted by molar-refractivity contribution is 0.149. The van der Waals surface area contributed by atoms with E-state index in [-0.39, 0.29) is 0 Å². The van der Waals surface area contributed by atoms with Gasteiger partial charge in [-0.25, -0.2) is 0 Å². The molecule has 1 aliphatic carbocycles. The third kappa shape index (κ3) is 2.32. The molecule has 1 fully saturated rings. The summed E-state index contributed by atoms with van der Waals surface area (Å²) in [7, 11) is 0. The lowest BCUT2D eigenvalue weighted by Crippen LogP contribution is -2.47. The second-order valence-corrected chi connectivity index (χ2v) is 5.93. The van der Waals surface area contributed by atoms with Crippen molar-refractivity contribution in [2.75, 3.05) is 26.3 Å². The molecule has 1 N–H and O–H groups in total. The van der Waals surface area contributed by atoms with Gasteiger partial charge in [-0.3, -0.25) is 0 Å². The molecular formula is C16H23NO2. The van der Waals surface area contributed by atoms with Gasteiger partial charge in [-0.05, 0) is 43.0 Å². The van der Waals surface area contributed by atoms with Crippen LogP contribution in [-0.2, 0) is 5.41 Å². The minimum absolute atomic E-state index is 0.297. The van der Waals surface area contributed by atoms with Gasteiger partial charge in [0.2, 0.25) is 0 Å². The van der Waals surface area contributed by atoms with Crippen molar-refractivity contribution < 1.29 is 9.47 Å². The molecule has 0 spiro atoms. The van der Waals surface area contributed by atoms with E-state index in [0.717, 1.165) is 30.5 Å². The van der Waals surface area contributed by atoms with E-state index in [0.29, 0.717) is 18.6 Å². The minimum Gasteiger partial charge on any atom is -0.486 e. The lowest BCUT2D eigenvalue weighted by Gasteiger charge is -2.47. The van der Waals surface area contributed by atoms with E-state index in [9.17, 15) is 0 Å². The van der Waals surface area contributed by atoms with Crippen LogP contribution < -0.4 is 14.8 Å². The predicted molar refractivity (Wildman–Crippen MR) is 76.1 cm³/mol. The van der Waals surface area contributed by atoms with E-state index >= 15 is 0 Å². The van der Waals surface area contributed by atoms with Crippen LogP contribution in [0.1, 0.15) is 32.3 Å². The van der Waals surface area contributed by atoms with Crippen molar-refractivity contribution in [2.24, 2.45) is 5.92 Å². The summed E-state index contributed by atoms with van der Waals surface area (Å²) >= 11 is 0. The Balaban J connectivity index is 1.86. The summed E-state index contributed by atoms with van der Waals surface area (Å²) in [6.45, 7) is 7.91. The molecule has 0 saturated heterocycles. The second-order valence-electron chi connectivity index (χ2n) is 5.93. The number of benzene rings is 1. The highest BCUT2D eigenvalue weighted by Crippen LogP contribution is 2.49. The van der Waals surface area contributed by atoms with Crippen molar-refractivity contribution >= 4 is 0 Å². The van der Waals surface area contributed by atoms with Gasteiger partial charge < -0.3 is 14.8 Å². The molecule has 3 heteroatoms. The largest absolute Gasteiger partial charge is 0.486 e. The van der Waals surface area contributed by atoms with E-state index in [4.69, 9.17) is 9.47 Å². The Morgan fingerprint density at radius 1 is 1.21 bits per heavy atom. The van der Waals surface area contributed by atoms with E-state index in [2.05, 4.69) is 37.4 Å². The van der Waals surface area contributed by atoms with Gasteiger partial charge in [0.1, 0.15) is 13.2 Å². The highest BCUT2D eigenvalue weighted by molar-refractivity contribution is 5.47. The Morgan fingerprint density at radius 2 is 1.95 bits per heavy atom. The molecule has 3 nitrogen and oxygen atoms in total. The molecule has 3 rings (SSSR count). The highest BCUT2D eigenvalue weighted by Gasteiger charge is 2.43. The van der Waals surface area contributed by atoms with Crippen LogP contribution in [0.3, 0.4) is 0 Å². The Morgan fingerprint density at radius 3 is 2.63 bits per heavy atom. The Bertz CT molecular complexity index is 452. The number of fused-ring (bicyclic) bond motifs is 1. The van der Waals surface area contributed by atoms with E-state index < -0.39 is 0 Å². The molecular weight excluding hydrogens is 238 g/mol. The van der Waals surface area contributed by atoms with Crippen LogP contribution >= 0.6 is 0 Å².